The van der Waals surface area contributed by atoms with Crippen molar-refractivity contribution in [2.75, 3.05) is 0 Å². The van der Waals surface area contributed by atoms with Crippen LogP contribution in [-0.4, -0.2) is 28.0 Å². The molecule has 0 radical (unpaired) electrons. The average molecular weight is 305 g/mol. The summed E-state index contributed by atoms with van der Waals surface area (Å²) in [5.74, 6) is 0.118. The van der Waals surface area contributed by atoms with Crippen molar-refractivity contribution in [2.24, 2.45) is 7.05 Å². The summed E-state index contributed by atoms with van der Waals surface area (Å²) in [7, 11) is -4.43. The predicted octanol–water partition coefficient (Wildman–Crippen LogP) is 0.292. The molecule has 0 aromatic carbocycles. The maximum absolute atomic E-state index is 10.7. The van der Waals surface area contributed by atoms with Gasteiger partial charge in [0, 0.05) is 0 Å². The summed E-state index contributed by atoms with van der Waals surface area (Å²) in [6, 6.07) is 0. The van der Waals surface area contributed by atoms with Gasteiger partial charge in [0.15, 0.2) is 22.5 Å². The molecule has 110 valence electrons. The second-order valence-electron chi connectivity index (χ2n) is 3.15. The van der Waals surface area contributed by atoms with Crippen molar-refractivity contribution in [3.05, 3.63) is 22.5 Å². The van der Waals surface area contributed by atoms with E-state index in [1.807, 2.05) is 6.92 Å². The van der Waals surface area contributed by atoms with Crippen molar-refractivity contribution in [1.29, 1.82) is 0 Å². The van der Waals surface area contributed by atoms with Gasteiger partial charge in [-0.05, 0) is 6.92 Å². The molecule has 0 aliphatic heterocycles. The third-order valence-corrected chi connectivity index (χ3v) is 2.40. The molecule has 0 atom stereocenters. The van der Waals surface area contributed by atoms with Crippen LogP contribution in [0.1, 0.15) is 6.92 Å². The summed E-state index contributed by atoms with van der Waals surface area (Å²) in [6.45, 7) is 2.49. The van der Waals surface area contributed by atoms with Crippen LogP contribution < -0.4 is 4.57 Å². The number of aryl methyl sites for hydroxylation is 2. The quantitative estimate of drug-likeness (QED) is 0.256. The lowest BCUT2D eigenvalue weighted by molar-refractivity contribution is -0.716. The molecule has 0 saturated heterocycles. The fourth-order valence-corrected chi connectivity index (χ4v) is 0.997. The fraction of sp³-hybridized carbons (Fsp3) is 0.571. The lowest BCUT2D eigenvalue weighted by Gasteiger charge is -2.08. The topological polar surface area (TPSA) is 109 Å². The minimum Gasteiger partial charge on any atom is -0.741 e. The first-order valence-electron chi connectivity index (χ1n) is 4.63. The van der Waals surface area contributed by atoms with E-state index in [1.165, 1.54) is 4.57 Å². The molecule has 0 aliphatic carbocycles. The molecule has 1 heterocycles. The smallest absolute Gasteiger partial charge is 0.579 e. The molecule has 0 amide bonds. The van der Waals surface area contributed by atoms with Gasteiger partial charge in [0.2, 0.25) is 0 Å². The molecule has 19 heavy (non-hydrogen) atoms. The van der Waals surface area contributed by atoms with E-state index < -0.39 is 15.6 Å². The van der Waals surface area contributed by atoms with Gasteiger partial charge in [0.25, 0.3) is 0 Å². The summed E-state index contributed by atoms with van der Waals surface area (Å²) in [4.78, 5) is 10.0. The lowest BCUT2D eigenvalue weighted by atomic mass is 10.7. The molecular weight excluding hydrogens is 295 g/mol. The maximum Gasteiger partial charge on any atom is 0.579 e. The predicted molar refractivity (Wildman–Crippen MR) is 53.7 cm³/mol. The standard InChI is InChI=1S/C6H10N3O2.CHF3O3S/c1-3-8-5-4-7(2)6(8)9(10)11;2-1(3,4)8(5,6)7/h4-5H,3H2,1-2H3;(H,5,6,7)/q+1;/p-1. The first kappa shape index (κ1) is 17.3. The molecule has 12 heteroatoms. The molecule has 0 spiro atoms. The Morgan fingerprint density at radius 3 is 2.11 bits per heavy atom. The van der Waals surface area contributed by atoms with Crippen molar-refractivity contribution in [1.82, 2.24) is 4.57 Å². The van der Waals surface area contributed by atoms with Gasteiger partial charge >= 0.3 is 11.5 Å². The number of nitrogens with zero attached hydrogens (tertiary/aromatic N) is 3. The normalized spacial score (nSPS) is 11.7. The average Bonchev–Trinajstić information content (AvgIpc) is 2.57. The van der Waals surface area contributed by atoms with Crippen molar-refractivity contribution in [3.63, 3.8) is 0 Å². The summed E-state index contributed by atoms with van der Waals surface area (Å²) in [6.07, 6.45) is 3.36. The van der Waals surface area contributed by atoms with Gasteiger partial charge in [0.1, 0.15) is 13.6 Å². The number of alkyl halides is 3. The molecule has 0 saturated carbocycles. The molecule has 0 unspecified atom stereocenters. The van der Waals surface area contributed by atoms with E-state index in [0.29, 0.717) is 6.54 Å². The summed E-state index contributed by atoms with van der Waals surface area (Å²) in [5.41, 5.74) is -5.65. The molecule has 0 bridgehead atoms. The van der Waals surface area contributed by atoms with Crippen LogP contribution in [0.15, 0.2) is 12.4 Å². The van der Waals surface area contributed by atoms with Gasteiger partial charge < -0.3 is 14.7 Å². The second-order valence-corrected chi connectivity index (χ2v) is 4.52. The van der Waals surface area contributed by atoms with Crippen LogP contribution >= 0.6 is 0 Å². The Hall–Kier alpha value is -1.69. The maximum atomic E-state index is 10.7. The van der Waals surface area contributed by atoms with E-state index in [9.17, 15) is 23.3 Å². The van der Waals surface area contributed by atoms with E-state index in [0.717, 1.165) is 0 Å². The van der Waals surface area contributed by atoms with Crippen LogP contribution in [0.5, 0.6) is 0 Å². The third-order valence-electron chi connectivity index (χ3n) is 1.83. The molecular formula is C7H10F3N3O5S. The minimum atomic E-state index is -6.09. The second kappa shape index (κ2) is 5.97. The van der Waals surface area contributed by atoms with Crippen LogP contribution in [-0.2, 0) is 23.7 Å². The Balaban J connectivity index is 0.000000362. The Morgan fingerprint density at radius 2 is 1.89 bits per heavy atom. The van der Waals surface area contributed by atoms with E-state index in [1.54, 1.807) is 24.0 Å². The number of hydrogen-bond acceptors (Lipinski definition) is 5. The van der Waals surface area contributed by atoms with Crippen molar-refractivity contribution < 1.29 is 35.6 Å². The van der Waals surface area contributed by atoms with Crippen LogP contribution in [0, 0.1) is 10.1 Å². The number of halogens is 3. The van der Waals surface area contributed by atoms with E-state index in [2.05, 4.69) is 0 Å². The van der Waals surface area contributed by atoms with E-state index in [4.69, 9.17) is 13.0 Å². The first-order chi connectivity index (χ1) is 8.41. The van der Waals surface area contributed by atoms with Gasteiger partial charge in [-0.1, -0.05) is 0 Å². The van der Waals surface area contributed by atoms with Gasteiger partial charge in [-0.15, -0.1) is 0 Å². The van der Waals surface area contributed by atoms with Crippen LogP contribution in [0.3, 0.4) is 0 Å². The van der Waals surface area contributed by atoms with Gasteiger partial charge in [-0.2, -0.15) is 22.3 Å². The molecule has 0 aliphatic rings. The van der Waals surface area contributed by atoms with Crippen LogP contribution in [0.4, 0.5) is 19.1 Å². The number of aromatic nitrogens is 2. The number of nitro groups is 1. The highest BCUT2D eigenvalue weighted by molar-refractivity contribution is 7.86. The zero-order valence-electron chi connectivity index (χ0n) is 9.79. The molecule has 8 nitrogen and oxygen atoms in total. The summed E-state index contributed by atoms with van der Waals surface area (Å²) < 4.78 is 62.0. The van der Waals surface area contributed by atoms with Gasteiger partial charge in [-0.3, -0.25) is 0 Å². The first-order valence-corrected chi connectivity index (χ1v) is 6.04. The Kier molecular flexibility index (Phi) is 5.44. The highest BCUT2D eigenvalue weighted by atomic mass is 32.2. The molecule has 1 rings (SSSR count). The zero-order valence-corrected chi connectivity index (χ0v) is 10.6. The molecule has 1 aromatic rings. The lowest BCUT2D eigenvalue weighted by Crippen LogP contribution is -2.29. The highest BCUT2D eigenvalue weighted by Gasteiger charge is 2.36. The van der Waals surface area contributed by atoms with E-state index in [-0.39, 0.29) is 10.9 Å². The number of rotatable bonds is 2. The van der Waals surface area contributed by atoms with Crippen LogP contribution in [0.2, 0.25) is 0 Å². The van der Waals surface area contributed by atoms with Crippen molar-refractivity contribution in [2.45, 2.75) is 19.0 Å². The Labute approximate surface area is 106 Å². The Bertz CT molecular complexity index is 551. The number of hydrogen-bond donors (Lipinski definition) is 0. The zero-order chi connectivity index (χ0) is 15.4. The minimum absolute atomic E-state index is 0.118. The summed E-state index contributed by atoms with van der Waals surface area (Å²) in [5, 5.41) is 10.4. The monoisotopic (exact) mass is 305 g/mol. The molecule has 0 fully saturated rings. The van der Waals surface area contributed by atoms with Gasteiger partial charge in [0.05, 0.1) is 4.92 Å². The molecule has 0 N–H and O–H groups in total. The summed E-state index contributed by atoms with van der Waals surface area (Å²) >= 11 is 0. The van der Waals surface area contributed by atoms with Gasteiger partial charge in [-0.25, -0.2) is 8.42 Å². The largest absolute Gasteiger partial charge is 0.741 e. The highest BCUT2D eigenvalue weighted by Crippen LogP contribution is 2.20. The van der Waals surface area contributed by atoms with Crippen LogP contribution in [0.25, 0.3) is 0 Å². The van der Waals surface area contributed by atoms with E-state index >= 15 is 0 Å². The fourth-order valence-electron chi connectivity index (χ4n) is 0.997. The number of imidazole rings is 1. The van der Waals surface area contributed by atoms with Crippen molar-refractivity contribution in [3.8, 4) is 0 Å². The third kappa shape index (κ3) is 4.82. The molecule has 1 aromatic heterocycles. The van der Waals surface area contributed by atoms with Crippen molar-refractivity contribution >= 4 is 16.1 Å². The Morgan fingerprint density at radius 1 is 1.47 bits per heavy atom. The SMILES string of the molecule is CCn1cc[n+](C)c1[N+](=O)[O-].O=S(=O)([O-])C(F)(F)F.